The first-order valence-corrected chi connectivity index (χ1v) is 12.8. The Bertz CT molecular complexity index is 1530. The van der Waals surface area contributed by atoms with Crippen molar-refractivity contribution >= 4 is 23.0 Å². The van der Waals surface area contributed by atoms with Crippen molar-refractivity contribution in [2.24, 2.45) is 16.1 Å². The molecule has 0 saturated carbocycles. The zero-order chi connectivity index (χ0) is 26.1. The minimum absolute atomic E-state index is 0.126. The van der Waals surface area contributed by atoms with Crippen molar-refractivity contribution in [3.8, 4) is 0 Å². The largest absolute Gasteiger partial charge is 0.294 e. The molecule has 1 N–H and O–H groups in total. The molecular weight excluding hydrogens is 480 g/mol. The van der Waals surface area contributed by atoms with Crippen LogP contribution < -0.4 is 5.48 Å². The number of amides is 2. The first kappa shape index (κ1) is 24.1. The fourth-order valence-corrected chi connectivity index (χ4v) is 5.48. The number of likely N-dealkylation sites (tertiary alicyclic amines) is 1. The maximum atomic E-state index is 12.9. The van der Waals surface area contributed by atoms with Gasteiger partial charge in [-0.2, -0.15) is 5.10 Å². The minimum atomic E-state index is -0.424. The van der Waals surface area contributed by atoms with Crippen LogP contribution in [0.4, 0.5) is 0 Å². The van der Waals surface area contributed by atoms with E-state index in [1.807, 2.05) is 61.6 Å². The fraction of sp³-hybridized carbons (Fsp3) is 0.276. The third kappa shape index (κ3) is 4.40. The second-order valence-corrected chi connectivity index (χ2v) is 9.69. The van der Waals surface area contributed by atoms with E-state index in [1.165, 1.54) is 6.20 Å². The van der Waals surface area contributed by atoms with E-state index >= 15 is 0 Å². The molecule has 2 amide bonds. The van der Waals surface area contributed by atoms with Gasteiger partial charge in [-0.25, -0.2) is 10.00 Å². The van der Waals surface area contributed by atoms with E-state index < -0.39 is 5.92 Å². The summed E-state index contributed by atoms with van der Waals surface area (Å²) < 4.78 is 1.65. The van der Waals surface area contributed by atoms with E-state index in [2.05, 4.69) is 31.8 Å². The van der Waals surface area contributed by atoms with Crippen molar-refractivity contribution in [1.29, 1.82) is 0 Å². The molecule has 3 aromatic rings. The van der Waals surface area contributed by atoms with Crippen LogP contribution in [0.3, 0.4) is 0 Å². The second kappa shape index (κ2) is 10.3. The van der Waals surface area contributed by atoms with E-state index in [4.69, 9.17) is 4.84 Å². The number of hydroxylamine groups is 1. The van der Waals surface area contributed by atoms with Crippen LogP contribution >= 0.6 is 0 Å². The Morgan fingerprint density at radius 1 is 1.13 bits per heavy atom. The summed E-state index contributed by atoms with van der Waals surface area (Å²) in [5.41, 5.74) is 8.38. The van der Waals surface area contributed by atoms with Gasteiger partial charge in [0.05, 0.1) is 41.5 Å². The number of azo groups is 1. The number of nitrogens with one attached hydrogen (secondary N) is 1. The van der Waals surface area contributed by atoms with Crippen molar-refractivity contribution in [2.75, 3.05) is 19.7 Å². The smallest absolute Gasteiger partial charge is 0.278 e. The number of aryl methyl sites for hydroxylation is 1. The molecule has 2 aliphatic heterocycles. The molecule has 0 spiro atoms. The molecule has 9 heteroatoms. The SMILES string of the molecule is Cc1cccc(C(CONC(=O)c2cnn3ccccc23)N2CCCC2)c1C1=C2C=CC=CC2C(=O)N=N1. The maximum Gasteiger partial charge on any atom is 0.278 e. The third-order valence-electron chi connectivity index (χ3n) is 7.37. The Hall–Kier alpha value is -4.21. The number of rotatable bonds is 7. The molecule has 0 radical (unpaired) electrons. The summed E-state index contributed by atoms with van der Waals surface area (Å²) in [4.78, 5) is 33.6. The molecule has 192 valence electrons. The van der Waals surface area contributed by atoms with Crippen molar-refractivity contribution in [3.63, 3.8) is 0 Å². The molecule has 1 fully saturated rings. The summed E-state index contributed by atoms with van der Waals surface area (Å²) in [6.07, 6.45) is 13.1. The van der Waals surface area contributed by atoms with E-state index in [0.717, 1.165) is 48.2 Å². The minimum Gasteiger partial charge on any atom is -0.294 e. The van der Waals surface area contributed by atoms with Crippen LogP contribution in [0.15, 0.2) is 88.9 Å². The highest BCUT2D eigenvalue weighted by Gasteiger charge is 2.32. The van der Waals surface area contributed by atoms with Crippen LogP contribution in [0.2, 0.25) is 0 Å². The average Bonchev–Trinajstić information content (AvgIpc) is 3.63. The quantitative estimate of drug-likeness (QED) is 0.471. The fourth-order valence-electron chi connectivity index (χ4n) is 5.48. The molecule has 4 heterocycles. The summed E-state index contributed by atoms with van der Waals surface area (Å²) in [5, 5.41) is 12.6. The lowest BCUT2D eigenvalue weighted by Gasteiger charge is -2.31. The Balaban J connectivity index is 1.31. The van der Waals surface area contributed by atoms with Crippen LogP contribution in [0.5, 0.6) is 0 Å². The first-order chi connectivity index (χ1) is 18.6. The van der Waals surface area contributed by atoms with Crippen molar-refractivity contribution < 1.29 is 14.4 Å². The van der Waals surface area contributed by atoms with E-state index in [0.29, 0.717) is 16.8 Å². The number of carbonyl (C=O) groups is 2. The molecule has 6 rings (SSSR count). The third-order valence-corrected chi connectivity index (χ3v) is 7.37. The number of hydrogen-bond acceptors (Lipinski definition) is 6. The number of fused-ring (bicyclic) bond motifs is 2. The number of benzene rings is 1. The number of nitrogens with zero attached hydrogens (tertiary/aromatic N) is 5. The highest BCUT2D eigenvalue weighted by atomic mass is 16.7. The van der Waals surface area contributed by atoms with Gasteiger partial charge in [0.25, 0.3) is 11.8 Å². The molecule has 2 atom stereocenters. The van der Waals surface area contributed by atoms with E-state index in [9.17, 15) is 9.59 Å². The summed E-state index contributed by atoms with van der Waals surface area (Å²) >= 11 is 0. The molecule has 1 aliphatic carbocycles. The van der Waals surface area contributed by atoms with E-state index in [1.54, 1.807) is 10.7 Å². The van der Waals surface area contributed by atoms with Crippen LogP contribution in [0.25, 0.3) is 11.2 Å². The van der Waals surface area contributed by atoms with Gasteiger partial charge in [0.1, 0.15) is 0 Å². The summed E-state index contributed by atoms with van der Waals surface area (Å²) in [7, 11) is 0. The predicted octanol–water partition coefficient (Wildman–Crippen LogP) is 4.59. The predicted molar refractivity (Wildman–Crippen MR) is 142 cm³/mol. The van der Waals surface area contributed by atoms with Crippen LogP contribution in [0.1, 0.15) is 45.9 Å². The summed E-state index contributed by atoms with van der Waals surface area (Å²) in [6, 6.07) is 11.6. The number of carbonyl (C=O) groups excluding carboxylic acids is 2. The topological polar surface area (TPSA) is 101 Å². The lowest BCUT2D eigenvalue weighted by Crippen LogP contribution is -2.34. The van der Waals surface area contributed by atoms with Crippen molar-refractivity contribution in [3.05, 3.63) is 101 Å². The van der Waals surface area contributed by atoms with Gasteiger partial charge in [0, 0.05) is 11.8 Å². The molecule has 1 aromatic carbocycles. The molecule has 2 unspecified atom stereocenters. The van der Waals surface area contributed by atoms with Gasteiger partial charge in [0.2, 0.25) is 0 Å². The van der Waals surface area contributed by atoms with Gasteiger partial charge in [-0.15, -0.1) is 10.2 Å². The number of allylic oxidation sites excluding steroid dienone is 3. The number of aromatic nitrogens is 2. The lowest BCUT2D eigenvalue weighted by atomic mass is 9.85. The number of pyridine rings is 1. The van der Waals surface area contributed by atoms with Gasteiger partial charge in [-0.05, 0) is 61.7 Å². The van der Waals surface area contributed by atoms with Crippen molar-refractivity contribution in [1.82, 2.24) is 20.0 Å². The number of hydrogen-bond donors (Lipinski definition) is 1. The Morgan fingerprint density at radius 3 is 2.87 bits per heavy atom. The normalized spacial score (nSPS) is 19.8. The zero-order valence-electron chi connectivity index (χ0n) is 21.1. The van der Waals surface area contributed by atoms with Crippen molar-refractivity contribution in [2.45, 2.75) is 25.8 Å². The molecule has 0 bridgehead atoms. The molecule has 9 nitrogen and oxygen atoms in total. The Kier molecular flexibility index (Phi) is 6.53. The zero-order valence-corrected chi connectivity index (χ0v) is 21.1. The standard InChI is InChI=1S/C29H28N6O3/c1-19-9-8-12-22(26(19)27-20-10-2-3-11-21(20)28(36)32-31-27)25(34-14-6-7-15-34)18-38-33-29(37)23-17-30-35-16-5-4-13-24(23)35/h2-5,8-13,16-17,21,25H,6-7,14-15,18H2,1H3,(H,33,37). The molecule has 3 aliphatic rings. The van der Waals surface area contributed by atoms with Gasteiger partial charge >= 0.3 is 0 Å². The lowest BCUT2D eigenvalue weighted by molar-refractivity contribution is -0.119. The molecule has 38 heavy (non-hydrogen) atoms. The monoisotopic (exact) mass is 508 g/mol. The molecule has 1 saturated heterocycles. The molecule has 2 aromatic heterocycles. The highest BCUT2D eigenvalue weighted by Crippen LogP contribution is 2.40. The van der Waals surface area contributed by atoms with Crippen LogP contribution in [-0.4, -0.2) is 46.0 Å². The first-order valence-electron chi connectivity index (χ1n) is 12.8. The van der Waals surface area contributed by atoms with Gasteiger partial charge in [-0.3, -0.25) is 19.3 Å². The van der Waals surface area contributed by atoms with Gasteiger partial charge < -0.3 is 0 Å². The molecular formula is C29H28N6O3. The van der Waals surface area contributed by atoms with Gasteiger partial charge in [0.15, 0.2) is 0 Å². The van der Waals surface area contributed by atoms with Crippen LogP contribution in [0, 0.1) is 12.8 Å². The summed E-state index contributed by atoms with van der Waals surface area (Å²) in [6.45, 7) is 4.16. The highest BCUT2D eigenvalue weighted by molar-refractivity contribution is 6.00. The Labute approximate surface area is 220 Å². The van der Waals surface area contributed by atoms with Gasteiger partial charge in [-0.1, -0.05) is 48.6 Å². The Morgan fingerprint density at radius 2 is 2.00 bits per heavy atom. The van der Waals surface area contributed by atoms with Crippen LogP contribution in [-0.2, 0) is 9.63 Å². The average molecular weight is 509 g/mol. The maximum absolute atomic E-state index is 12.9. The second-order valence-electron chi connectivity index (χ2n) is 9.69. The van der Waals surface area contributed by atoms with E-state index in [-0.39, 0.29) is 24.5 Å². The summed E-state index contributed by atoms with van der Waals surface area (Å²) in [5.74, 6) is -1.02.